The second-order valence-electron chi connectivity index (χ2n) is 5.11. The van der Waals surface area contributed by atoms with Crippen LogP contribution in [0.1, 0.15) is 10.4 Å². The van der Waals surface area contributed by atoms with Crippen LogP contribution in [0.15, 0.2) is 59.1 Å². The number of halogens is 1. The highest BCUT2D eigenvalue weighted by Gasteiger charge is 2.32. The van der Waals surface area contributed by atoms with Crippen LogP contribution in [0.25, 0.3) is 6.08 Å². The van der Waals surface area contributed by atoms with E-state index in [1.165, 1.54) is 11.8 Å². The summed E-state index contributed by atoms with van der Waals surface area (Å²) in [4.78, 5) is 20.0. The molecule has 0 unspecified atom stereocenters. The zero-order valence-corrected chi connectivity index (χ0v) is 15.4. The number of nitrogens with zero attached hydrogens (tertiary/aromatic N) is 2. The smallest absolute Gasteiger partial charge is 0.266 e. The Balaban J connectivity index is 2.00. The highest BCUT2D eigenvalue weighted by molar-refractivity contribution is 8.14. The van der Waals surface area contributed by atoms with E-state index in [-0.39, 0.29) is 5.91 Å². The fourth-order valence-electron chi connectivity index (χ4n) is 2.18. The number of carbonyl (C=O) groups is 1. The third-order valence-electron chi connectivity index (χ3n) is 3.40. The Hall–Kier alpha value is -1.82. The first kappa shape index (κ1) is 17.0. The van der Waals surface area contributed by atoms with Crippen molar-refractivity contribution in [3.05, 3.63) is 69.5 Å². The largest absolute Gasteiger partial charge is 0.283 e. The van der Waals surface area contributed by atoms with E-state index in [4.69, 9.17) is 11.6 Å². The Kier molecular flexibility index (Phi) is 5.23. The van der Waals surface area contributed by atoms with E-state index in [1.807, 2.05) is 42.6 Å². The number of aryl methyl sites for hydroxylation is 1. The molecule has 2 heterocycles. The van der Waals surface area contributed by atoms with E-state index in [9.17, 15) is 4.79 Å². The molecule has 0 bridgehead atoms. The van der Waals surface area contributed by atoms with Crippen LogP contribution >= 0.6 is 34.7 Å². The molecule has 0 atom stereocenters. The minimum Gasteiger partial charge on any atom is -0.266 e. The van der Waals surface area contributed by atoms with Gasteiger partial charge in [0.2, 0.25) is 0 Å². The molecule has 0 fully saturated rings. The Morgan fingerprint density at radius 3 is 2.92 bits per heavy atom. The molecular weight excluding hydrogens is 360 g/mol. The van der Waals surface area contributed by atoms with Crippen LogP contribution in [0.4, 0.5) is 5.69 Å². The molecule has 0 N–H and O–H groups in total. The molecule has 0 aliphatic carbocycles. The average Bonchev–Trinajstić information content (AvgIpc) is 3.17. The van der Waals surface area contributed by atoms with Crippen molar-refractivity contribution in [3.63, 3.8) is 0 Å². The van der Waals surface area contributed by atoms with Crippen LogP contribution in [0.2, 0.25) is 5.02 Å². The number of aliphatic imine (C=N–C) groups is 1. The zero-order chi connectivity index (χ0) is 17.1. The van der Waals surface area contributed by atoms with Crippen molar-refractivity contribution < 1.29 is 4.79 Å². The van der Waals surface area contributed by atoms with Gasteiger partial charge in [-0.1, -0.05) is 41.6 Å². The first-order valence-corrected chi connectivity index (χ1v) is 9.52. The molecule has 24 heavy (non-hydrogen) atoms. The number of amidine groups is 1. The monoisotopic (exact) mass is 374 g/mol. The van der Waals surface area contributed by atoms with Crippen molar-refractivity contribution >= 4 is 57.5 Å². The Morgan fingerprint density at radius 1 is 1.42 bits per heavy atom. The minimum atomic E-state index is -0.144. The SMILES string of the molecule is C=CCSC1=N/C(=C\c2cccs2)C(=O)N1c1ccc(C)c(Cl)c1. The predicted octanol–water partition coefficient (Wildman–Crippen LogP) is 5.37. The molecule has 1 aromatic heterocycles. The van der Waals surface area contributed by atoms with Gasteiger partial charge < -0.3 is 0 Å². The van der Waals surface area contributed by atoms with Crippen LogP contribution in [-0.2, 0) is 4.79 Å². The maximum Gasteiger partial charge on any atom is 0.283 e. The molecule has 1 aromatic carbocycles. The second-order valence-corrected chi connectivity index (χ2v) is 7.49. The van der Waals surface area contributed by atoms with E-state index in [1.54, 1.807) is 28.4 Å². The summed E-state index contributed by atoms with van der Waals surface area (Å²) in [7, 11) is 0. The summed E-state index contributed by atoms with van der Waals surface area (Å²) in [5.41, 5.74) is 2.12. The normalized spacial score (nSPS) is 15.9. The Labute approximate surface area is 154 Å². The van der Waals surface area contributed by atoms with Crippen LogP contribution in [-0.4, -0.2) is 16.8 Å². The lowest BCUT2D eigenvalue weighted by Gasteiger charge is -2.18. The van der Waals surface area contributed by atoms with Gasteiger partial charge in [0.05, 0.1) is 5.69 Å². The standard InChI is InChI=1S/C18H15ClN2OS2/c1-3-8-24-18-20-16(11-14-5-4-9-23-14)17(22)21(18)13-7-6-12(2)15(19)10-13/h3-7,9-11H,1,8H2,2H3/b16-11-. The number of hydrogen-bond acceptors (Lipinski definition) is 4. The van der Waals surface area contributed by atoms with Gasteiger partial charge in [0.25, 0.3) is 5.91 Å². The summed E-state index contributed by atoms with van der Waals surface area (Å²) < 4.78 is 0. The van der Waals surface area contributed by atoms with Gasteiger partial charge in [0.15, 0.2) is 5.17 Å². The van der Waals surface area contributed by atoms with Gasteiger partial charge in [-0.15, -0.1) is 17.9 Å². The van der Waals surface area contributed by atoms with E-state index >= 15 is 0 Å². The summed E-state index contributed by atoms with van der Waals surface area (Å²) in [5.74, 6) is 0.531. The fourth-order valence-corrected chi connectivity index (χ4v) is 3.76. The highest BCUT2D eigenvalue weighted by atomic mass is 35.5. The van der Waals surface area contributed by atoms with Crippen LogP contribution < -0.4 is 4.90 Å². The number of anilines is 1. The number of thioether (sulfide) groups is 1. The van der Waals surface area contributed by atoms with Crippen molar-refractivity contribution in [2.24, 2.45) is 4.99 Å². The first-order chi connectivity index (χ1) is 11.6. The third kappa shape index (κ3) is 3.48. The van der Waals surface area contributed by atoms with E-state index in [0.717, 1.165) is 16.1 Å². The van der Waals surface area contributed by atoms with Gasteiger partial charge in [-0.3, -0.25) is 9.69 Å². The van der Waals surface area contributed by atoms with Gasteiger partial charge in [-0.2, -0.15) is 0 Å². The summed E-state index contributed by atoms with van der Waals surface area (Å²) in [6.45, 7) is 5.66. The lowest BCUT2D eigenvalue weighted by Crippen LogP contribution is -2.30. The Bertz CT molecular complexity index is 841. The highest BCUT2D eigenvalue weighted by Crippen LogP contribution is 2.32. The van der Waals surface area contributed by atoms with E-state index in [0.29, 0.717) is 21.6 Å². The molecule has 0 saturated heterocycles. The summed E-state index contributed by atoms with van der Waals surface area (Å²) in [6.07, 6.45) is 3.61. The topological polar surface area (TPSA) is 32.7 Å². The van der Waals surface area contributed by atoms with E-state index < -0.39 is 0 Å². The summed E-state index contributed by atoms with van der Waals surface area (Å²) >= 11 is 9.28. The molecule has 2 aromatic rings. The second kappa shape index (κ2) is 7.38. The molecule has 0 radical (unpaired) electrons. The van der Waals surface area contributed by atoms with Gasteiger partial charge in [0.1, 0.15) is 5.70 Å². The fraction of sp³-hybridized carbons (Fsp3) is 0.111. The molecule has 3 nitrogen and oxygen atoms in total. The van der Waals surface area contributed by atoms with Gasteiger partial charge in [-0.05, 0) is 42.1 Å². The van der Waals surface area contributed by atoms with Crippen LogP contribution in [0, 0.1) is 6.92 Å². The molecule has 0 spiro atoms. The first-order valence-electron chi connectivity index (χ1n) is 7.28. The number of amides is 1. The Morgan fingerprint density at radius 2 is 2.25 bits per heavy atom. The van der Waals surface area contributed by atoms with Crippen LogP contribution in [0.3, 0.4) is 0 Å². The quantitative estimate of drug-likeness (QED) is 0.532. The molecule has 3 rings (SSSR count). The van der Waals surface area contributed by atoms with Crippen molar-refractivity contribution in [1.82, 2.24) is 0 Å². The van der Waals surface area contributed by atoms with Gasteiger partial charge >= 0.3 is 0 Å². The van der Waals surface area contributed by atoms with E-state index in [2.05, 4.69) is 11.6 Å². The molecule has 1 amide bonds. The van der Waals surface area contributed by atoms with Crippen molar-refractivity contribution in [1.29, 1.82) is 0 Å². The number of hydrogen-bond donors (Lipinski definition) is 0. The minimum absolute atomic E-state index is 0.144. The molecule has 0 saturated carbocycles. The molecular formula is C18H15ClN2OS2. The molecule has 6 heteroatoms. The maximum absolute atomic E-state index is 12.9. The zero-order valence-electron chi connectivity index (χ0n) is 13.0. The molecule has 122 valence electrons. The predicted molar refractivity (Wildman–Crippen MR) is 106 cm³/mol. The third-order valence-corrected chi connectivity index (χ3v) is 5.56. The number of carbonyl (C=O) groups excluding carboxylic acids is 1. The number of benzene rings is 1. The maximum atomic E-state index is 12.9. The summed E-state index contributed by atoms with van der Waals surface area (Å²) in [5, 5.41) is 3.24. The van der Waals surface area contributed by atoms with Gasteiger partial charge in [0, 0.05) is 15.7 Å². The molecule has 1 aliphatic heterocycles. The van der Waals surface area contributed by atoms with Crippen molar-refractivity contribution in [2.75, 3.05) is 10.7 Å². The number of rotatable bonds is 4. The van der Waals surface area contributed by atoms with Crippen molar-refractivity contribution in [3.8, 4) is 0 Å². The molecule has 1 aliphatic rings. The number of thiophene rings is 1. The van der Waals surface area contributed by atoms with Crippen LogP contribution in [0.5, 0.6) is 0 Å². The lowest BCUT2D eigenvalue weighted by atomic mass is 10.2. The summed E-state index contributed by atoms with van der Waals surface area (Å²) in [6, 6.07) is 9.50. The lowest BCUT2D eigenvalue weighted by molar-refractivity contribution is -0.113. The average molecular weight is 375 g/mol. The van der Waals surface area contributed by atoms with Gasteiger partial charge in [-0.25, -0.2) is 4.99 Å². The van der Waals surface area contributed by atoms with Crippen molar-refractivity contribution in [2.45, 2.75) is 6.92 Å².